The Morgan fingerprint density at radius 3 is 0.842 bits per heavy atom. The number of hydrogen-bond donors (Lipinski definition) is 0. The second-order valence-corrected chi connectivity index (χ2v) is 31.7. The molecule has 120 heavy (non-hydrogen) atoms. The molecule has 22 aromatic rings. The van der Waals surface area contributed by atoms with Crippen LogP contribution in [0.1, 0.15) is 0 Å². The predicted octanol–water partition coefficient (Wildman–Crippen LogP) is 28.4. The quantitative estimate of drug-likeness (QED) is 0.107. The first-order chi connectivity index (χ1) is 59.6. The van der Waals surface area contributed by atoms with E-state index in [1.54, 1.807) is 0 Å². The van der Waals surface area contributed by atoms with E-state index < -0.39 is 0 Å². The smallest absolute Gasteiger partial charge is 0.252 e. The lowest BCUT2D eigenvalue weighted by Gasteiger charge is -2.46. The molecule has 558 valence electrons. The van der Waals surface area contributed by atoms with Crippen molar-refractivity contribution in [1.82, 2.24) is 13.7 Å². The van der Waals surface area contributed by atoms with Gasteiger partial charge >= 0.3 is 0 Å². The Labute approximate surface area is 696 Å². The van der Waals surface area contributed by atoms with Crippen molar-refractivity contribution in [1.29, 1.82) is 0 Å². The summed E-state index contributed by atoms with van der Waals surface area (Å²) >= 11 is 0. The molecule has 5 nitrogen and oxygen atoms in total. The lowest BCUT2D eigenvalue weighted by molar-refractivity contribution is 1.16. The second kappa shape index (κ2) is 28.0. The van der Waals surface area contributed by atoms with Crippen LogP contribution in [-0.2, 0) is 0 Å². The molecule has 19 aromatic carbocycles. The van der Waals surface area contributed by atoms with E-state index in [1.807, 2.05) is 0 Å². The molecule has 2 aliphatic rings. The standard InChI is InChI=1S/C114H74BN5/c1-9-33-75(34-10-1)81-63-67-104-98(69-81)96-57-31-55-92(113(96)117(104)85-45-21-7-22-46-85)83-61-65-100-106(71-83)119(111-88(77-37-13-3-14-38-77)51-29-52-89(111)78-39-15-4-16-40-78)108-73-87(116-102-59-27-25-49-94(102)95-50-26-28-60-103(95)116)74-109-110(108)115(100)101-66-62-84(72-107(101)120(109)112-90(79-41-17-5-18-42-79)53-30-54-91(112)80-43-19-6-20-44-80)93-56-32-58-97-99-70-82(76-35-11-2-12-36-76)64-68-105(99)118(114(93)97)86-47-23-8-24-48-86/h1-74H. The highest BCUT2D eigenvalue weighted by molar-refractivity contribution is 7.00. The highest BCUT2D eigenvalue weighted by Crippen LogP contribution is 2.56. The summed E-state index contributed by atoms with van der Waals surface area (Å²) < 4.78 is 7.56. The number of para-hydroxylation sites is 8. The van der Waals surface area contributed by atoms with Crippen molar-refractivity contribution in [2.45, 2.75) is 0 Å². The third kappa shape index (κ3) is 10.9. The summed E-state index contributed by atoms with van der Waals surface area (Å²) in [4.78, 5) is 5.42. The second-order valence-electron chi connectivity index (χ2n) is 31.7. The minimum atomic E-state index is -0.332. The van der Waals surface area contributed by atoms with Gasteiger partial charge in [0.05, 0.1) is 50.2 Å². The van der Waals surface area contributed by atoms with E-state index in [4.69, 9.17) is 0 Å². The van der Waals surface area contributed by atoms with Gasteiger partial charge in [-0.1, -0.05) is 364 Å². The zero-order valence-electron chi connectivity index (χ0n) is 65.5. The first kappa shape index (κ1) is 68.6. The van der Waals surface area contributed by atoms with Gasteiger partial charge in [-0.25, -0.2) is 0 Å². The molecule has 0 atom stereocenters. The molecule has 0 fully saturated rings. The first-order valence-electron chi connectivity index (χ1n) is 41.5. The number of rotatable bonds is 13. The third-order valence-corrected chi connectivity index (χ3v) is 25.2. The Hall–Kier alpha value is -15.8. The molecular formula is C114H74BN5. The van der Waals surface area contributed by atoms with Gasteiger partial charge in [-0.05, 0) is 157 Å². The van der Waals surface area contributed by atoms with Crippen molar-refractivity contribution in [2.75, 3.05) is 9.80 Å². The van der Waals surface area contributed by atoms with Crippen LogP contribution < -0.4 is 26.2 Å². The fourth-order valence-electron chi connectivity index (χ4n) is 20.0. The normalized spacial score (nSPS) is 12.3. The molecule has 0 saturated heterocycles. The van der Waals surface area contributed by atoms with Gasteiger partial charge in [-0.3, -0.25) is 0 Å². The Balaban J connectivity index is 0.861. The Morgan fingerprint density at radius 2 is 0.467 bits per heavy atom. The van der Waals surface area contributed by atoms with Crippen LogP contribution in [0.15, 0.2) is 449 Å². The maximum absolute atomic E-state index is 2.71. The van der Waals surface area contributed by atoms with Gasteiger partial charge < -0.3 is 23.5 Å². The largest absolute Gasteiger partial charge is 0.310 e. The third-order valence-electron chi connectivity index (χ3n) is 25.2. The highest BCUT2D eigenvalue weighted by atomic mass is 15.2. The Morgan fingerprint density at radius 1 is 0.167 bits per heavy atom. The molecule has 0 radical (unpaired) electrons. The van der Waals surface area contributed by atoms with Crippen LogP contribution in [0.3, 0.4) is 0 Å². The van der Waals surface area contributed by atoms with Crippen molar-refractivity contribution in [3.05, 3.63) is 449 Å². The average Bonchev–Trinajstić information content (AvgIpc) is 0.690. The summed E-state index contributed by atoms with van der Waals surface area (Å²) in [5, 5.41) is 7.14. The average molecular weight is 1520 g/mol. The fraction of sp³-hybridized carbons (Fsp3) is 0. The lowest BCUT2D eigenvalue weighted by atomic mass is 9.33. The number of fused-ring (bicyclic) bond motifs is 13. The minimum Gasteiger partial charge on any atom is -0.310 e. The molecule has 2 aliphatic heterocycles. The van der Waals surface area contributed by atoms with Gasteiger partial charge in [-0.15, -0.1) is 0 Å². The van der Waals surface area contributed by atoms with E-state index >= 15 is 0 Å². The van der Waals surface area contributed by atoms with Gasteiger partial charge in [0.1, 0.15) is 0 Å². The summed E-state index contributed by atoms with van der Waals surface area (Å²) in [6.45, 7) is -0.332. The molecule has 0 N–H and O–H groups in total. The number of anilines is 6. The molecular weight excluding hydrogens is 1450 g/mol. The van der Waals surface area contributed by atoms with E-state index in [0.717, 1.165) is 151 Å². The predicted molar refractivity (Wildman–Crippen MR) is 507 cm³/mol. The van der Waals surface area contributed by atoms with Gasteiger partial charge in [0.2, 0.25) is 0 Å². The van der Waals surface area contributed by atoms with E-state index in [1.165, 1.54) is 71.0 Å². The fourth-order valence-corrected chi connectivity index (χ4v) is 20.0. The van der Waals surface area contributed by atoms with Gasteiger partial charge in [0.25, 0.3) is 6.71 Å². The van der Waals surface area contributed by atoms with Crippen LogP contribution >= 0.6 is 0 Å². The number of hydrogen-bond acceptors (Lipinski definition) is 2. The SMILES string of the molecule is c1ccc(-c2ccc3c(c2)c2cccc(-c4ccc5c(c4)N(c4c(-c6ccccc6)cccc4-c4ccccc4)c4cc(-n6c7ccccc7c7ccccc76)cc6c4B5c4ccc(-c5cccc7c8cc(-c9ccccc9)ccc8n(-c8ccccc8)c57)cc4N6c4c(-c5ccccc5)cccc4-c4ccccc4)c2n3-c2ccccc2)cc1. The monoisotopic (exact) mass is 1520 g/mol. The van der Waals surface area contributed by atoms with Crippen LogP contribution in [0, 0.1) is 0 Å². The highest BCUT2D eigenvalue weighted by Gasteiger charge is 2.46. The van der Waals surface area contributed by atoms with E-state index in [0.29, 0.717) is 0 Å². The van der Waals surface area contributed by atoms with Crippen molar-refractivity contribution in [3.63, 3.8) is 0 Å². The Bertz CT molecular complexity index is 7240. The van der Waals surface area contributed by atoms with Crippen molar-refractivity contribution in [3.8, 4) is 106 Å². The zero-order valence-corrected chi connectivity index (χ0v) is 65.5. The van der Waals surface area contributed by atoms with Crippen LogP contribution in [0.5, 0.6) is 0 Å². The van der Waals surface area contributed by atoms with Gasteiger partial charge in [-0.2, -0.15) is 0 Å². The van der Waals surface area contributed by atoms with E-state index in [-0.39, 0.29) is 6.71 Å². The topological polar surface area (TPSA) is 21.3 Å². The van der Waals surface area contributed by atoms with Crippen LogP contribution in [-0.4, -0.2) is 20.4 Å². The molecule has 0 aliphatic carbocycles. The minimum absolute atomic E-state index is 0.332. The summed E-state index contributed by atoms with van der Waals surface area (Å²) in [7, 11) is 0. The first-order valence-corrected chi connectivity index (χ1v) is 41.5. The maximum atomic E-state index is 2.71. The number of nitrogens with zero attached hydrogens (tertiary/aromatic N) is 5. The van der Waals surface area contributed by atoms with Gasteiger partial charge in [0, 0.05) is 99.8 Å². The summed E-state index contributed by atoms with van der Waals surface area (Å²) in [5.74, 6) is 0. The molecule has 0 unspecified atom stereocenters. The van der Waals surface area contributed by atoms with E-state index in [2.05, 4.69) is 472 Å². The van der Waals surface area contributed by atoms with Crippen LogP contribution in [0.4, 0.5) is 34.1 Å². The zero-order chi connectivity index (χ0) is 78.9. The van der Waals surface area contributed by atoms with Crippen molar-refractivity contribution >= 4 is 123 Å². The maximum Gasteiger partial charge on any atom is 0.252 e. The molecule has 6 heteroatoms. The van der Waals surface area contributed by atoms with Crippen molar-refractivity contribution in [2.24, 2.45) is 0 Å². The molecule has 0 saturated carbocycles. The number of aromatic nitrogens is 3. The summed E-state index contributed by atoms with van der Waals surface area (Å²) in [6.07, 6.45) is 0. The number of benzene rings is 19. The van der Waals surface area contributed by atoms with Crippen molar-refractivity contribution < 1.29 is 0 Å². The molecule has 0 bridgehead atoms. The lowest BCUT2D eigenvalue weighted by Crippen LogP contribution is -2.61. The Kier molecular flexibility index (Phi) is 16.0. The van der Waals surface area contributed by atoms with E-state index in [9.17, 15) is 0 Å². The van der Waals surface area contributed by atoms with Gasteiger partial charge in [0.15, 0.2) is 0 Å². The molecule has 3 aromatic heterocycles. The summed E-state index contributed by atoms with van der Waals surface area (Å²) in [5.41, 5.74) is 38.2. The summed E-state index contributed by atoms with van der Waals surface area (Å²) in [6, 6.07) is 168. The molecule has 0 amide bonds. The molecule has 5 heterocycles. The molecule has 24 rings (SSSR count). The van der Waals surface area contributed by atoms with Crippen LogP contribution in [0.25, 0.3) is 171 Å². The molecule has 0 spiro atoms. The van der Waals surface area contributed by atoms with Crippen LogP contribution in [0.2, 0.25) is 0 Å².